The van der Waals surface area contributed by atoms with E-state index in [1.165, 1.54) is 54.1 Å². The number of benzene rings is 2. The number of carbonyl (C=O) groups is 2. The number of hydrogen-bond acceptors (Lipinski definition) is 7. The van der Waals surface area contributed by atoms with Gasteiger partial charge in [-0.3, -0.25) is 4.79 Å². The van der Waals surface area contributed by atoms with Gasteiger partial charge in [0.25, 0.3) is 5.91 Å². The predicted octanol–water partition coefficient (Wildman–Crippen LogP) is 3.82. The van der Waals surface area contributed by atoms with E-state index >= 15 is 0 Å². The van der Waals surface area contributed by atoms with Crippen molar-refractivity contribution >= 4 is 38.4 Å². The molecular weight excluding hydrogens is 500 g/mol. The molecule has 0 aliphatic carbocycles. The fraction of sp³-hybridized carbons (Fsp3) is 0.240. The van der Waals surface area contributed by atoms with Gasteiger partial charge in [0.15, 0.2) is 0 Å². The van der Waals surface area contributed by atoms with E-state index in [-0.39, 0.29) is 17.0 Å². The molecule has 186 valence electrons. The molecule has 1 aromatic heterocycles. The molecule has 11 heteroatoms. The van der Waals surface area contributed by atoms with E-state index in [1.807, 2.05) is 30.3 Å². The molecule has 2 amide bonds. The van der Waals surface area contributed by atoms with Crippen molar-refractivity contribution in [1.29, 1.82) is 5.26 Å². The summed E-state index contributed by atoms with van der Waals surface area (Å²) in [4.78, 5) is 27.2. The summed E-state index contributed by atoms with van der Waals surface area (Å²) in [5.74, 6) is -0.462. The number of amides is 2. The lowest BCUT2D eigenvalue weighted by molar-refractivity contribution is 0.102. The Balaban J connectivity index is 1.48. The van der Waals surface area contributed by atoms with Crippen LogP contribution in [0.1, 0.15) is 31.9 Å². The van der Waals surface area contributed by atoms with Gasteiger partial charge in [-0.05, 0) is 41.8 Å². The van der Waals surface area contributed by atoms with E-state index in [2.05, 4.69) is 11.4 Å². The van der Waals surface area contributed by atoms with Crippen LogP contribution >= 0.6 is 11.3 Å². The first kappa shape index (κ1) is 25.4. The second-order valence-corrected chi connectivity index (χ2v) is 11.3. The Morgan fingerprint density at radius 2 is 1.86 bits per heavy atom. The Bertz CT molecular complexity index is 1430. The summed E-state index contributed by atoms with van der Waals surface area (Å²) in [6.45, 7) is 0.951. The lowest BCUT2D eigenvalue weighted by Crippen LogP contribution is -2.35. The van der Waals surface area contributed by atoms with Crippen molar-refractivity contribution in [1.82, 2.24) is 9.21 Å². The maximum atomic E-state index is 13.0. The first-order valence-electron chi connectivity index (χ1n) is 11.0. The van der Waals surface area contributed by atoms with Gasteiger partial charge in [-0.1, -0.05) is 30.3 Å². The van der Waals surface area contributed by atoms with Crippen LogP contribution in [0.4, 0.5) is 9.80 Å². The molecule has 3 aromatic rings. The Morgan fingerprint density at radius 3 is 2.50 bits per heavy atom. The zero-order chi connectivity index (χ0) is 25.9. The predicted molar refractivity (Wildman–Crippen MR) is 135 cm³/mol. The maximum absolute atomic E-state index is 13.0. The summed E-state index contributed by atoms with van der Waals surface area (Å²) in [5, 5.41) is 12.9. The zero-order valence-electron chi connectivity index (χ0n) is 19.7. The lowest BCUT2D eigenvalue weighted by Gasteiger charge is -2.25. The smallest absolute Gasteiger partial charge is 0.409 e. The van der Waals surface area contributed by atoms with Gasteiger partial charge < -0.3 is 15.0 Å². The molecule has 0 unspecified atom stereocenters. The minimum atomic E-state index is -3.75. The molecule has 0 atom stereocenters. The highest BCUT2D eigenvalue weighted by Gasteiger charge is 2.28. The molecule has 1 aliphatic heterocycles. The number of carbonyl (C=O) groups excluding carboxylic acids is 2. The molecule has 0 radical (unpaired) electrons. The van der Waals surface area contributed by atoms with Crippen LogP contribution in [-0.4, -0.2) is 50.3 Å². The average molecular weight is 525 g/mol. The molecule has 0 saturated carbocycles. The number of methoxy groups -OCH3 is 1. The average Bonchev–Trinajstić information content (AvgIpc) is 3.24. The molecule has 1 N–H and O–H groups in total. The highest BCUT2D eigenvalue weighted by Crippen LogP contribution is 2.37. The highest BCUT2D eigenvalue weighted by molar-refractivity contribution is 7.89. The second-order valence-electron chi connectivity index (χ2n) is 8.19. The van der Waals surface area contributed by atoms with Crippen molar-refractivity contribution < 1.29 is 22.7 Å². The van der Waals surface area contributed by atoms with Gasteiger partial charge in [-0.15, -0.1) is 11.3 Å². The van der Waals surface area contributed by atoms with Crippen LogP contribution in [0.5, 0.6) is 0 Å². The van der Waals surface area contributed by atoms with E-state index in [4.69, 9.17) is 4.74 Å². The fourth-order valence-electron chi connectivity index (χ4n) is 3.95. The Morgan fingerprint density at radius 1 is 1.17 bits per heavy atom. The van der Waals surface area contributed by atoms with Crippen molar-refractivity contribution in [2.75, 3.05) is 26.0 Å². The molecule has 0 fully saturated rings. The van der Waals surface area contributed by atoms with Gasteiger partial charge >= 0.3 is 6.09 Å². The fourth-order valence-corrected chi connectivity index (χ4v) is 6.32. The lowest BCUT2D eigenvalue weighted by atomic mass is 10.0. The molecule has 0 spiro atoms. The summed E-state index contributed by atoms with van der Waals surface area (Å²) in [7, 11) is -0.925. The van der Waals surface area contributed by atoms with E-state index in [9.17, 15) is 23.3 Å². The maximum Gasteiger partial charge on any atom is 0.409 e. The van der Waals surface area contributed by atoms with E-state index in [0.29, 0.717) is 30.1 Å². The summed E-state index contributed by atoms with van der Waals surface area (Å²) < 4.78 is 31.9. The highest BCUT2D eigenvalue weighted by atomic mass is 32.2. The number of nitrogens with one attached hydrogen (secondary N) is 1. The summed E-state index contributed by atoms with van der Waals surface area (Å²) >= 11 is 1.25. The van der Waals surface area contributed by atoms with Gasteiger partial charge in [0.2, 0.25) is 10.0 Å². The normalized spacial score (nSPS) is 13.1. The third-order valence-corrected chi connectivity index (χ3v) is 8.85. The van der Waals surface area contributed by atoms with Crippen molar-refractivity contribution in [2.24, 2.45) is 0 Å². The number of rotatable bonds is 6. The number of thiophene rings is 1. The Kier molecular flexibility index (Phi) is 7.40. The topological polar surface area (TPSA) is 120 Å². The molecule has 9 nitrogen and oxygen atoms in total. The van der Waals surface area contributed by atoms with Crippen LogP contribution in [-0.2, 0) is 34.3 Å². The summed E-state index contributed by atoms with van der Waals surface area (Å²) in [5.41, 5.74) is 2.32. The Labute approximate surface area is 213 Å². The first-order valence-corrected chi connectivity index (χ1v) is 13.3. The van der Waals surface area contributed by atoms with Crippen LogP contribution in [0.3, 0.4) is 0 Å². The summed E-state index contributed by atoms with van der Waals surface area (Å²) in [6.07, 6.45) is 0.0468. The number of hydrogen-bond donors (Lipinski definition) is 1. The molecule has 2 heterocycles. The SMILES string of the molecule is COC(=O)N1CCc2c(sc(NC(=O)c3ccc(S(=O)(=O)N(C)Cc4ccccc4)cc3)c2C#N)C1. The van der Waals surface area contributed by atoms with E-state index in [1.54, 1.807) is 4.90 Å². The zero-order valence-corrected chi connectivity index (χ0v) is 21.4. The van der Waals surface area contributed by atoms with Crippen molar-refractivity contribution in [3.05, 3.63) is 81.7 Å². The number of fused-ring (bicyclic) bond motifs is 1. The van der Waals surface area contributed by atoms with E-state index in [0.717, 1.165) is 16.0 Å². The van der Waals surface area contributed by atoms with Gasteiger partial charge in [0.1, 0.15) is 11.1 Å². The standard InChI is InChI=1S/C25H24N4O5S2/c1-28(15-17-6-4-3-5-7-17)36(32,33)19-10-8-18(9-11-19)23(30)27-24-21(14-26)20-12-13-29(25(31)34-2)16-22(20)35-24/h3-11H,12-13,15-16H2,1-2H3,(H,27,30). The summed E-state index contributed by atoms with van der Waals surface area (Å²) in [6, 6.07) is 17.1. The molecule has 0 bridgehead atoms. The van der Waals surface area contributed by atoms with Crippen molar-refractivity contribution in [3.8, 4) is 6.07 Å². The molecule has 1 aliphatic rings. The largest absolute Gasteiger partial charge is 0.453 e. The molecule has 4 rings (SSSR count). The minimum Gasteiger partial charge on any atom is -0.453 e. The van der Waals surface area contributed by atoms with Gasteiger partial charge in [0.05, 0.1) is 24.1 Å². The minimum absolute atomic E-state index is 0.0738. The van der Waals surface area contributed by atoms with Gasteiger partial charge in [0, 0.05) is 30.6 Å². The van der Waals surface area contributed by atoms with Gasteiger partial charge in [-0.25, -0.2) is 13.2 Å². The monoisotopic (exact) mass is 524 g/mol. The third-order valence-electron chi connectivity index (χ3n) is 5.90. The van der Waals surface area contributed by atoms with Gasteiger partial charge in [-0.2, -0.15) is 9.57 Å². The van der Waals surface area contributed by atoms with Crippen LogP contribution in [0, 0.1) is 11.3 Å². The number of ether oxygens (including phenoxy) is 1. The van der Waals surface area contributed by atoms with Crippen LogP contribution in [0.2, 0.25) is 0 Å². The second kappa shape index (κ2) is 10.5. The van der Waals surface area contributed by atoms with E-state index < -0.39 is 22.0 Å². The molecule has 2 aromatic carbocycles. The quantitative estimate of drug-likeness (QED) is 0.524. The van der Waals surface area contributed by atoms with Crippen LogP contribution < -0.4 is 5.32 Å². The first-order chi connectivity index (χ1) is 17.2. The van der Waals surface area contributed by atoms with Crippen LogP contribution in [0.25, 0.3) is 0 Å². The van der Waals surface area contributed by atoms with Crippen molar-refractivity contribution in [3.63, 3.8) is 0 Å². The van der Waals surface area contributed by atoms with Crippen LogP contribution in [0.15, 0.2) is 59.5 Å². The number of sulfonamides is 1. The number of nitriles is 1. The van der Waals surface area contributed by atoms with Crippen molar-refractivity contribution in [2.45, 2.75) is 24.4 Å². The molecular formula is C25H24N4O5S2. The number of nitrogens with zero attached hydrogens (tertiary/aromatic N) is 3. The molecule has 0 saturated heterocycles. The molecule has 36 heavy (non-hydrogen) atoms. The third kappa shape index (κ3) is 5.11. The number of anilines is 1. The Hall–Kier alpha value is -3.72.